The zero-order chi connectivity index (χ0) is 14.2. The second kappa shape index (κ2) is 4.42. The molecule has 0 aliphatic rings. The molecule has 0 bridgehead atoms. The molecule has 0 radical (unpaired) electrons. The summed E-state index contributed by atoms with van der Waals surface area (Å²) in [6.07, 6.45) is -1.64. The van der Waals surface area contributed by atoms with Gasteiger partial charge in [0.15, 0.2) is 0 Å². The SMILES string of the molecule is Cc1cccnc1-n1cc(C(=O)O)c(C(F)(F)F)c1. The van der Waals surface area contributed by atoms with Gasteiger partial charge in [-0.15, -0.1) is 0 Å². The highest BCUT2D eigenvalue weighted by atomic mass is 19.4. The Labute approximate surface area is 106 Å². The van der Waals surface area contributed by atoms with Crippen LogP contribution in [0.15, 0.2) is 30.7 Å². The third-order valence-corrected chi connectivity index (χ3v) is 2.59. The van der Waals surface area contributed by atoms with E-state index >= 15 is 0 Å². The van der Waals surface area contributed by atoms with E-state index in [-0.39, 0.29) is 5.82 Å². The Bertz CT molecular complexity index is 632. The monoisotopic (exact) mass is 270 g/mol. The van der Waals surface area contributed by atoms with Crippen molar-refractivity contribution in [2.24, 2.45) is 0 Å². The molecule has 0 atom stereocenters. The van der Waals surface area contributed by atoms with Crippen LogP contribution in [0.3, 0.4) is 0 Å². The van der Waals surface area contributed by atoms with E-state index < -0.39 is 23.3 Å². The van der Waals surface area contributed by atoms with Crippen molar-refractivity contribution in [1.29, 1.82) is 0 Å². The normalized spacial score (nSPS) is 11.6. The molecule has 2 aromatic rings. The van der Waals surface area contributed by atoms with Crippen molar-refractivity contribution in [3.63, 3.8) is 0 Å². The van der Waals surface area contributed by atoms with Crippen LogP contribution in [0.5, 0.6) is 0 Å². The molecule has 0 aliphatic heterocycles. The minimum Gasteiger partial charge on any atom is -0.478 e. The fraction of sp³-hybridized carbons (Fsp3) is 0.167. The van der Waals surface area contributed by atoms with E-state index in [2.05, 4.69) is 4.98 Å². The van der Waals surface area contributed by atoms with Gasteiger partial charge >= 0.3 is 12.1 Å². The van der Waals surface area contributed by atoms with Crippen LogP contribution in [0.2, 0.25) is 0 Å². The summed E-state index contributed by atoms with van der Waals surface area (Å²) >= 11 is 0. The lowest BCUT2D eigenvalue weighted by molar-refractivity contribution is -0.138. The van der Waals surface area contributed by atoms with Gasteiger partial charge in [0.05, 0.1) is 11.1 Å². The molecule has 2 rings (SSSR count). The summed E-state index contributed by atoms with van der Waals surface area (Å²) in [6, 6.07) is 3.32. The summed E-state index contributed by atoms with van der Waals surface area (Å²) < 4.78 is 39.3. The molecular formula is C12H9F3N2O2. The molecular weight excluding hydrogens is 261 g/mol. The standard InChI is InChI=1S/C12H9F3N2O2/c1-7-3-2-4-16-10(7)17-5-8(11(18)19)9(6-17)12(13,14)15/h2-6H,1H3,(H,18,19). The van der Waals surface area contributed by atoms with Gasteiger partial charge in [0, 0.05) is 18.6 Å². The molecule has 7 heteroatoms. The van der Waals surface area contributed by atoms with Crippen LogP contribution in [-0.2, 0) is 6.18 Å². The Hall–Kier alpha value is -2.31. The summed E-state index contributed by atoms with van der Waals surface area (Å²) in [5.74, 6) is -1.36. The molecule has 1 N–H and O–H groups in total. The number of carboxylic acids is 1. The molecule has 2 heterocycles. The molecule has 4 nitrogen and oxygen atoms in total. The number of aromatic carboxylic acids is 1. The van der Waals surface area contributed by atoms with Crippen LogP contribution in [-0.4, -0.2) is 20.6 Å². The number of hydrogen-bond acceptors (Lipinski definition) is 2. The average molecular weight is 270 g/mol. The highest BCUT2D eigenvalue weighted by molar-refractivity contribution is 5.89. The van der Waals surface area contributed by atoms with E-state index in [0.29, 0.717) is 5.56 Å². The van der Waals surface area contributed by atoms with E-state index in [1.54, 1.807) is 19.1 Å². The van der Waals surface area contributed by atoms with Crippen molar-refractivity contribution >= 4 is 5.97 Å². The Kier molecular flexibility index (Phi) is 3.05. The fourth-order valence-corrected chi connectivity index (χ4v) is 1.72. The molecule has 2 aromatic heterocycles. The predicted octanol–water partition coefficient (Wildman–Crippen LogP) is 2.90. The number of aromatic nitrogens is 2. The number of carbonyl (C=O) groups is 1. The van der Waals surface area contributed by atoms with Crippen LogP contribution < -0.4 is 0 Å². The van der Waals surface area contributed by atoms with Crippen molar-refractivity contribution in [2.45, 2.75) is 13.1 Å². The largest absolute Gasteiger partial charge is 0.478 e. The zero-order valence-electron chi connectivity index (χ0n) is 9.77. The summed E-state index contributed by atoms with van der Waals surface area (Å²) in [5.41, 5.74) is -1.34. The maximum absolute atomic E-state index is 12.7. The third kappa shape index (κ3) is 2.44. The van der Waals surface area contributed by atoms with E-state index in [9.17, 15) is 18.0 Å². The molecule has 100 valence electrons. The molecule has 0 spiro atoms. The number of nitrogens with zero attached hydrogens (tertiary/aromatic N) is 2. The van der Waals surface area contributed by atoms with Gasteiger partial charge in [-0.05, 0) is 18.6 Å². The Morgan fingerprint density at radius 2 is 2.05 bits per heavy atom. The quantitative estimate of drug-likeness (QED) is 0.912. The van der Waals surface area contributed by atoms with Crippen molar-refractivity contribution < 1.29 is 23.1 Å². The smallest absolute Gasteiger partial charge is 0.418 e. The first-order valence-electron chi connectivity index (χ1n) is 5.25. The zero-order valence-corrected chi connectivity index (χ0v) is 9.77. The molecule has 0 unspecified atom stereocenters. The number of hydrogen-bond donors (Lipinski definition) is 1. The Morgan fingerprint density at radius 1 is 1.37 bits per heavy atom. The van der Waals surface area contributed by atoms with Gasteiger partial charge in [0.2, 0.25) is 0 Å². The highest BCUT2D eigenvalue weighted by Crippen LogP contribution is 2.33. The molecule has 0 aromatic carbocycles. The van der Waals surface area contributed by atoms with E-state index in [1.807, 2.05) is 0 Å². The van der Waals surface area contributed by atoms with Gasteiger partial charge in [-0.25, -0.2) is 9.78 Å². The topological polar surface area (TPSA) is 55.1 Å². The molecule has 19 heavy (non-hydrogen) atoms. The van der Waals surface area contributed by atoms with E-state index in [0.717, 1.165) is 17.0 Å². The summed E-state index contributed by atoms with van der Waals surface area (Å²) in [6.45, 7) is 1.68. The lowest BCUT2D eigenvalue weighted by Gasteiger charge is -2.05. The molecule has 0 saturated carbocycles. The number of halogens is 3. The van der Waals surface area contributed by atoms with Crippen LogP contribution in [0, 0.1) is 6.92 Å². The minimum absolute atomic E-state index is 0.264. The first-order valence-corrected chi connectivity index (χ1v) is 5.25. The minimum atomic E-state index is -4.72. The first kappa shape index (κ1) is 13.1. The molecule has 0 amide bonds. The average Bonchev–Trinajstić information content (AvgIpc) is 2.74. The van der Waals surface area contributed by atoms with Gasteiger partial charge < -0.3 is 9.67 Å². The Morgan fingerprint density at radius 3 is 2.53 bits per heavy atom. The molecule has 0 aliphatic carbocycles. The van der Waals surface area contributed by atoms with Crippen molar-refractivity contribution in [3.8, 4) is 5.82 Å². The second-order valence-corrected chi connectivity index (χ2v) is 3.94. The van der Waals surface area contributed by atoms with Crippen LogP contribution in [0.4, 0.5) is 13.2 Å². The van der Waals surface area contributed by atoms with E-state index in [4.69, 9.17) is 5.11 Å². The van der Waals surface area contributed by atoms with Crippen molar-refractivity contribution in [2.75, 3.05) is 0 Å². The van der Waals surface area contributed by atoms with Gasteiger partial charge in [0.25, 0.3) is 0 Å². The highest BCUT2D eigenvalue weighted by Gasteiger charge is 2.37. The van der Waals surface area contributed by atoms with Crippen LogP contribution >= 0.6 is 0 Å². The number of alkyl halides is 3. The molecule has 0 saturated heterocycles. The maximum atomic E-state index is 12.7. The van der Waals surface area contributed by atoms with Gasteiger partial charge in [0.1, 0.15) is 5.82 Å². The lowest BCUT2D eigenvalue weighted by Crippen LogP contribution is -2.09. The summed E-state index contributed by atoms with van der Waals surface area (Å²) in [5, 5.41) is 8.82. The van der Waals surface area contributed by atoms with Crippen LogP contribution in [0.25, 0.3) is 5.82 Å². The van der Waals surface area contributed by atoms with Crippen LogP contribution in [0.1, 0.15) is 21.5 Å². The number of carboxylic acid groups (broad SMARTS) is 1. The first-order chi connectivity index (χ1) is 8.80. The van der Waals surface area contributed by atoms with Gasteiger partial charge in [-0.1, -0.05) is 6.07 Å². The summed E-state index contributed by atoms with van der Waals surface area (Å²) in [4.78, 5) is 14.8. The van der Waals surface area contributed by atoms with Gasteiger partial charge in [-0.3, -0.25) is 0 Å². The van der Waals surface area contributed by atoms with Crippen molar-refractivity contribution in [1.82, 2.24) is 9.55 Å². The Balaban J connectivity index is 2.62. The second-order valence-electron chi connectivity index (χ2n) is 3.94. The number of aryl methyl sites for hydroxylation is 1. The maximum Gasteiger partial charge on any atom is 0.418 e. The summed E-state index contributed by atoms with van der Waals surface area (Å²) in [7, 11) is 0. The molecule has 0 fully saturated rings. The number of rotatable bonds is 2. The number of pyridine rings is 1. The fourth-order valence-electron chi connectivity index (χ4n) is 1.72. The van der Waals surface area contributed by atoms with Gasteiger partial charge in [-0.2, -0.15) is 13.2 Å². The predicted molar refractivity (Wildman–Crippen MR) is 60.3 cm³/mol. The lowest BCUT2D eigenvalue weighted by atomic mass is 10.2. The van der Waals surface area contributed by atoms with Crippen molar-refractivity contribution in [3.05, 3.63) is 47.4 Å². The third-order valence-electron chi connectivity index (χ3n) is 2.59. The van der Waals surface area contributed by atoms with E-state index in [1.165, 1.54) is 6.20 Å².